The van der Waals surface area contributed by atoms with Crippen LogP contribution in [0.25, 0.3) is 0 Å². The molecular formula is C11H15FN2O4S. The summed E-state index contributed by atoms with van der Waals surface area (Å²) in [6.45, 7) is 0.396. The van der Waals surface area contributed by atoms with Crippen molar-refractivity contribution in [3.8, 4) is 0 Å². The number of aliphatic hydroxyl groups is 1. The summed E-state index contributed by atoms with van der Waals surface area (Å²) in [5.41, 5.74) is -0.955. The molecule has 1 aliphatic heterocycles. The van der Waals surface area contributed by atoms with Crippen LogP contribution in [0.5, 0.6) is 0 Å². The van der Waals surface area contributed by atoms with Gasteiger partial charge in [-0.2, -0.15) is 0 Å². The molecule has 2 rings (SSSR count). The van der Waals surface area contributed by atoms with Crippen molar-refractivity contribution in [1.29, 1.82) is 0 Å². The number of aromatic nitrogens is 1. The molecule has 0 amide bonds. The van der Waals surface area contributed by atoms with Gasteiger partial charge >= 0.3 is 0 Å². The van der Waals surface area contributed by atoms with Gasteiger partial charge in [-0.15, -0.1) is 0 Å². The Bertz CT molecular complexity index is 543. The molecule has 0 spiro atoms. The molecule has 0 bridgehead atoms. The van der Waals surface area contributed by atoms with Gasteiger partial charge in [-0.25, -0.2) is 17.5 Å². The zero-order chi connectivity index (χ0) is 13.9. The maximum absolute atomic E-state index is 13.0. The third kappa shape index (κ3) is 3.27. The second-order valence-electron chi connectivity index (χ2n) is 4.50. The standard InChI is InChI=1S/C11H15FN2O4S/c12-9-5-10(7-13-6-9)19(16,17)14-11(8-15)1-3-18-4-2-11/h5-7,14-15H,1-4,8H2. The van der Waals surface area contributed by atoms with Crippen LogP contribution in [0.15, 0.2) is 23.4 Å². The lowest BCUT2D eigenvalue weighted by Crippen LogP contribution is -2.54. The zero-order valence-electron chi connectivity index (χ0n) is 10.2. The highest BCUT2D eigenvalue weighted by molar-refractivity contribution is 7.89. The highest BCUT2D eigenvalue weighted by Crippen LogP contribution is 2.23. The number of hydrogen-bond donors (Lipinski definition) is 2. The lowest BCUT2D eigenvalue weighted by molar-refractivity contribution is 0.0223. The smallest absolute Gasteiger partial charge is 0.242 e. The van der Waals surface area contributed by atoms with E-state index >= 15 is 0 Å². The number of ether oxygens (including phenoxy) is 1. The van der Waals surface area contributed by atoms with E-state index in [1.165, 1.54) is 0 Å². The molecule has 1 aromatic heterocycles. The minimum atomic E-state index is -3.92. The van der Waals surface area contributed by atoms with E-state index in [1.54, 1.807) is 0 Å². The van der Waals surface area contributed by atoms with Crippen LogP contribution in [-0.4, -0.2) is 43.9 Å². The molecule has 106 valence electrons. The van der Waals surface area contributed by atoms with Crippen LogP contribution in [-0.2, 0) is 14.8 Å². The lowest BCUT2D eigenvalue weighted by atomic mass is 9.93. The molecule has 1 aliphatic rings. The molecule has 6 nitrogen and oxygen atoms in total. The van der Waals surface area contributed by atoms with Gasteiger partial charge in [-0.1, -0.05) is 0 Å². The van der Waals surface area contributed by atoms with Gasteiger partial charge in [0, 0.05) is 19.4 Å². The van der Waals surface area contributed by atoms with Crippen molar-refractivity contribution >= 4 is 10.0 Å². The molecule has 0 aromatic carbocycles. The molecule has 1 aromatic rings. The Morgan fingerprint density at radius 2 is 2.11 bits per heavy atom. The number of sulfonamides is 1. The summed E-state index contributed by atoms with van der Waals surface area (Å²) in [7, 11) is -3.92. The zero-order valence-corrected chi connectivity index (χ0v) is 11.0. The molecule has 2 heterocycles. The van der Waals surface area contributed by atoms with Crippen molar-refractivity contribution in [2.75, 3.05) is 19.8 Å². The van der Waals surface area contributed by atoms with E-state index in [0.29, 0.717) is 26.1 Å². The highest BCUT2D eigenvalue weighted by atomic mass is 32.2. The van der Waals surface area contributed by atoms with Gasteiger partial charge in [0.1, 0.15) is 10.7 Å². The van der Waals surface area contributed by atoms with E-state index in [9.17, 15) is 17.9 Å². The maximum Gasteiger partial charge on any atom is 0.242 e. The number of rotatable bonds is 4. The van der Waals surface area contributed by atoms with Gasteiger partial charge < -0.3 is 9.84 Å². The number of nitrogens with one attached hydrogen (secondary N) is 1. The lowest BCUT2D eigenvalue weighted by Gasteiger charge is -2.35. The minimum absolute atomic E-state index is 0.258. The Morgan fingerprint density at radius 3 is 2.68 bits per heavy atom. The molecule has 0 atom stereocenters. The van der Waals surface area contributed by atoms with E-state index in [0.717, 1.165) is 18.5 Å². The van der Waals surface area contributed by atoms with E-state index in [2.05, 4.69) is 9.71 Å². The molecule has 1 fully saturated rings. The Balaban J connectivity index is 2.25. The fourth-order valence-corrected chi connectivity index (χ4v) is 3.36. The van der Waals surface area contributed by atoms with Crippen LogP contribution in [0, 0.1) is 5.82 Å². The molecule has 1 saturated heterocycles. The SMILES string of the molecule is O=S(=O)(NC1(CO)CCOCC1)c1cncc(F)c1. The van der Waals surface area contributed by atoms with Gasteiger partial charge in [0.15, 0.2) is 0 Å². The monoisotopic (exact) mass is 290 g/mol. The van der Waals surface area contributed by atoms with Crippen molar-refractivity contribution in [2.45, 2.75) is 23.3 Å². The summed E-state index contributed by atoms with van der Waals surface area (Å²) < 4.78 is 44.9. The van der Waals surface area contributed by atoms with Crippen LogP contribution in [0.4, 0.5) is 4.39 Å². The summed E-state index contributed by atoms with van der Waals surface area (Å²) in [6, 6.07) is 0.889. The second kappa shape index (κ2) is 5.49. The molecule has 0 unspecified atom stereocenters. The molecular weight excluding hydrogens is 275 g/mol. The fraction of sp³-hybridized carbons (Fsp3) is 0.545. The molecule has 0 radical (unpaired) electrons. The van der Waals surface area contributed by atoms with Crippen molar-refractivity contribution in [3.63, 3.8) is 0 Å². The quantitative estimate of drug-likeness (QED) is 0.817. The van der Waals surface area contributed by atoms with Crippen LogP contribution >= 0.6 is 0 Å². The number of nitrogens with zero attached hydrogens (tertiary/aromatic N) is 1. The summed E-state index contributed by atoms with van der Waals surface area (Å²) in [4.78, 5) is 3.25. The first-order valence-corrected chi connectivity index (χ1v) is 7.29. The number of aliphatic hydroxyl groups excluding tert-OH is 1. The van der Waals surface area contributed by atoms with E-state index in [-0.39, 0.29) is 11.5 Å². The van der Waals surface area contributed by atoms with Crippen molar-refractivity contribution in [2.24, 2.45) is 0 Å². The van der Waals surface area contributed by atoms with Crippen LogP contribution < -0.4 is 4.72 Å². The summed E-state index contributed by atoms with van der Waals surface area (Å²) in [6.07, 6.45) is 2.72. The maximum atomic E-state index is 13.0. The van der Waals surface area contributed by atoms with Crippen molar-refractivity contribution < 1.29 is 22.7 Å². The largest absolute Gasteiger partial charge is 0.394 e. The number of halogens is 1. The first-order valence-electron chi connectivity index (χ1n) is 5.81. The predicted octanol–water partition coefficient (Wildman–Crippen LogP) is 0.0405. The summed E-state index contributed by atoms with van der Waals surface area (Å²) >= 11 is 0. The van der Waals surface area contributed by atoms with Crippen LogP contribution in [0.2, 0.25) is 0 Å². The summed E-state index contributed by atoms with van der Waals surface area (Å²) in [5.74, 6) is -0.729. The molecule has 19 heavy (non-hydrogen) atoms. The molecule has 0 saturated carbocycles. The Kier molecular flexibility index (Phi) is 4.14. The van der Waals surface area contributed by atoms with E-state index in [1.807, 2.05) is 0 Å². The van der Waals surface area contributed by atoms with Crippen LogP contribution in [0.3, 0.4) is 0 Å². The Hall–Kier alpha value is -1.09. The highest BCUT2D eigenvalue weighted by Gasteiger charge is 2.36. The van der Waals surface area contributed by atoms with Gasteiger partial charge in [0.2, 0.25) is 10.0 Å². The summed E-state index contributed by atoms with van der Waals surface area (Å²) in [5, 5.41) is 9.43. The van der Waals surface area contributed by atoms with Gasteiger partial charge in [-0.3, -0.25) is 4.98 Å². The van der Waals surface area contributed by atoms with Gasteiger partial charge in [0.25, 0.3) is 0 Å². The van der Waals surface area contributed by atoms with Crippen LogP contribution in [0.1, 0.15) is 12.8 Å². The fourth-order valence-electron chi connectivity index (χ4n) is 1.94. The Morgan fingerprint density at radius 1 is 1.42 bits per heavy atom. The first-order chi connectivity index (χ1) is 8.97. The van der Waals surface area contributed by atoms with E-state index < -0.39 is 21.4 Å². The number of hydrogen-bond acceptors (Lipinski definition) is 5. The van der Waals surface area contributed by atoms with Crippen molar-refractivity contribution in [1.82, 2.24) is 9.71 Å². The van der Waals surface area contributed by atoms with Crippen molar-refractivity contribution in [3.05, 3.63) is 24.3 Å². The topological polar surface area (TPSA) is 88.5 Å². The molecule has 0 aliphatic carbocycles. The first kappa shape index (κ1) is 14.3. The number of pyridine rings is 1. The third-order valence-electron chi connectivity index (χ3n) is 3.09. The average molecular weight is 290 g/mol. The molecule has 2 N–H and O–H groups in total. The normalized spacial score (nSPS) is 19.3. The second-order valence-corrected chi connectivity index (χ2v) is 6.18. The third-order valence-corrected chi connectivity index (χ3v) is 4.64. The Labute approximate surface area is 110 Å². The van der Waals surface area contributed by atoms with E-state index in [4.69, 9.17) is 4.74 Å². The average Bonchev–Trinajstić information content (AvgIpc) is 2.39. The molecule has 8 heteroatoms. The predicted molar refractivity (Wildman–Crippen MR) is 64.4 cm³/mol. The minimum Gasteiger partial charge on any atom is -0.394 e. The van der Waals surface area contributed by atoms with Gasteiger partial charge in [0.05, 0.1) is 18.3 Å². The van der Waals surface area contributed by atoms with Gasteiger partial charge in [-0.05, 0) is 18.9 Å².